The number of aromatic nitrogens is 2. The van der Waals surface area contributed by atoms with E-state index in [9.17, 15) is 14.4 Å². The van der Waals surface area contributed by atoms with Crippen LogP contribution in [0.15, 0.2) is 36.5 Å². The standard InChI is InChI=1S/C19H20N2O5/c1-2-26-19(24)18(23)14-8-9-16-15(17(14)22)10-20-21(16)12-25-11-13-6-4-3-5-7-13/h3-7,10,14H,2,8-9,11-12H2,1H3. The molecule has 0 spiro atoms. The number of carbonyl (C=O) groups is 3. The number of ether oxygens (including phenoxy) is 2. The zero-order valence-corrected chi connectivity index (χ0v) is 14.5. The van der Waals surface area contributed by atoms with Crippen molar-refractivity contribution in [1.29, 1.82) is 0 Å². The van der Waals surface area contributed by atoms with Crippen molar-refractivity contribution in [3.63, 3.8) is 0 Å². The van der Waals surface area contributed by atoms with Crippen molar-refractivity contribution >= 4 is 17.5 Å². The Bertz CT molecular complexity index is 813. The van der Waals surface area contributed by atoms with Crippen LogP contribution in [-0.2, 0) is 38.8 Å². The fourth-order valence-corrected chi connectivity index (χ4v) is 3.01. The number of esters is 1. The minimum Gasteiger partial charge on any atom is -0.460 e. The molecule has 0 N–H and O–H groups in total. The van der Waals surface area contributed by atoms with Gasteiger partial charge < -0.3 is 9.47 Å². The van der Waals surface area contributed by atoms with E-state index in [1.54, 1.807) is 11.6 Å². The molecule has 1 heterocycles. The van der Waals surface area contributed by atoms with Gasteiger partial charge in [0.2, 0.25) is 0 Å². The summed E-state index contributed by atoms with van der Waals surface area (Å²) < 4.78 is 12.0. The number of nitrogens with zero attached hydrogens (tertiary/aromatic N) is 2. The first-order valence-electron chi connectivity index (χ1n) is 8.53. The lowest BCUT2D eigenvalue weighted by atomic mass is 9.83. The van der Waals surface area contributed by atoms with Gasteiger partial charge >= 0.3 is 5.97 Å². The second-order valence-corrected chi connectivity index (χ2v) is 6.01. The molecule has 1 aliphatic rings. The molecule has 0 fully saturated rings. The quantitative estimate of drug-likeness (QED) is 0.428. The monoisotopic (exact) mass is 356 g/mol. The van der Waals surface area contributed by atoms with Crippen LogP contribution in [0.25, 0.3) is 0 Å². The highest BCUT2D eigenvalue weighted by Gasteiger charge is 2.38. The van der Waals surface area contributed by atoms with E-state index in [0.717, 1.165) is 11.3 Å². The van der Waals surface area contributed by atoms with E-state index < -0.39 is 17.7 Å². The summed E-state index contributed by atoms with van der Waals surface area (Å²) >= 11 is 0. The maximum absolute atomic E-state index is 12.6. The molecule has 0 amide bonds. The second kappa shape index (κ2) is 8.05. The molecule has 2 aromatic rings. The molecule has 1 aromatic carbocycles. The average molecular weight is 356 g/mol. The van der Waals surface area contributed by atoms with E-state index >= 15 is 0 Å². The maximum atomic E-state index is 12.6. The summed E-state index contributed by atoms with van der Waals surface area (Å²) in [5.74, 6) is -3.09. The van der Waals surface area contributed by atoms with Crippen molar-refractivity contribution < 1.29 is 23.9 Å². The van der Waals surface area contributed by atoms with Crippen molar-refractivity contribution in [3.8, 4) is 0 Å². The Hall–Kier alpha value is -2.80. The third-order valence-electron chi connectivity index (χ3n) is 4.32. The van der Waals surface area contributed by atoms with Crippen molar-refractivity contribution in [2.45, 2.75) is 33.1 Å². The van der Waals surface area contributed by atoms with Crippen LogP contribution in [0.3, 0.4) is 0 Å². The normalized spacial score (nSPS) is 16.2. The molecular weight excluding hydrogens is 336 g/mol. The topological polar surface area (TPSA) is 87.5 Å². The number of hydrogen-bond acceptors (Lipinski definition) is 6. The Balaban J connectivity index is 1.64. The molecule has 136 valence electrons. The highest BCUT2D eigenvalue weighted by molar-refractivity contribution is 6.39. The van der Waals surface area contributed by atoms with Crippen molar-refractivity contribution in [2.75, 3.05) is 6.61 Å². The van der Waals surface area contributed by atoms with E-state index in [-0.39, 0.29) is 25.5 Å². The van der Waals surface area contributed by atoms with E-state index in [1.165, 1.54) is 6.20 Å². The van der Waals surface area contributed by atoms with Crippen LogP contribution in [0.4, 0.5) is 0 Å². The molecule has 0 radical (unpaired) electrons. The van der Waals surface area contributed by atoms with Gasteiger partial charge in [-0.3, -0.25) is 9.59 Å². The van der Waals surface area contributed by atoms with Gasteiger partial charge in [-0.25, -0.2) is 9.48 Å². The van der Waals surface area contributed by atoms with Gasteiger partial charge in [0.1, 0.15) is 6.73 Å². The Labute approximate surface area is 150 Å². The average Bonchev–Trinajstić information content (AvgIpc) is 3.07. The zero-order valence-electron chi connectivity index (χ0n) is 14.5. The third-order valence-corrected chi connectivity index (χ3v) is 4.32. The van der Waals surface area contributed by atoms with Crippen LogP contribution in [0.5, 0.6) is 0 Å². The zero-order chi connectivity index (χ0) is 18.5. The molecule has 0 saturated heterocycles. The SMILES string of the molecule is CCOC(=O)C(=O)C1CCc2c(cnn2COCc2ccccc2)C1=O. The lowest BCUT2D eigenvalue weighted by molar-refractivity contribution is -0.154. The van der Waals surface area contributed by atoms with Crippen molar-refractivity contribution in [1.82, 2.24) is 9.78 Å². The van der Waals surface area contributed by atoms with Crippen molar-refractivity contribution in [2.24, 2.45) is 5.92 Å². The highest BCUT2D eigenvalue weighted by atomic mass is 16.5. The summed E-state index contributed by atoms with van der Waals surface area (Å²) in [6, 6.07) is 9.75. The van der Waals surface area contributed by atoms with Gasteiger partial charge in [0, 0.05) is 0 Å². The first kappa shape index (κ1) is 18.0. The lowest BCUT2D eigenvalue weighted by Crippen LogP contribution is -2.35. The van der Waals surface area contributed by atoms with Gasteiger partial charge in [-0.05, 0) is 25.3 Å². The van der Waals surface area contributed by atoms with Gasteiger partial charge in [0.25, 0.3) is 5.78 Å². The number of carbonyl (C=O) groups excluding carboxylic acids is 3. The number of Topliss-reactive ketones (excluding diaryl/α,β-unsaturated/α-hetero) is 2. The number of fused-ring (bicyclic) bond motifs is 1. The molecule has 1 aromatic heterocycles. The van der Waals surface area contributed by atoms with Gasteiger partial charge in [-0.1, -0.05) is 30.3 Å². The molecule has 0 aliphatic heterocycles. The molecule has 26 heavy (non-hydrogen) atoms. The van der Waals surface area contributed by atoms with Crippen LogP contribution in [0.1, 0.15) is 35.0 Å². The molecule has 0 bridgehead atoms. The largest absolute Gasteiger partial charge is 0.460 e. The summed E-state index contributed by atoms with van der Waals surface area (Å²) in [5.41, 5.74) is 2.16. The number of hydrogen-bond donors (Lipinski definition) is 0. The van der Waals surface area contributed by atoms with Gasteiger partial charge in [0.05, 0.1) is 36.6 Å². The lowest BCUT2D eigenvalue weighted by Gasteiger charge is -2.20. The first-order valence-corrected chi connectivity index (χ1v) is 8.53. The molecule has 7 heteroatoms. The van der Waals surface area contributed by atoms with Crippen molar-refractivity contribution in [3.05, 3.63) is 53.3 Å². The van der Waals surface area contributed by atoms with E-state index in [1.807, 2.05) is 30.3 Å². The predicted octanol–water partition coefficient (Wildman–Crippen LogP) is 1.93. The predicted molar refractivity (Wildman–Crippen MR) is 91.2 cm³/mol. The molecule has 1 aliphatic carbocycles. The molecule has 7 nitrogen and oxygen atoms in total. The molecule has 1 unspecified atom stereocenters. The molecule has 3 rings (SSSR count). The summed E-state index contributed by atoms with van der Waals surface area (Å²) in [7, 11) is 0. The Kier molecular flexibility index (Phi) is 5.58. The summed E-state index contributed by atoms with van der Waals surface area (Å²) in [6.45, 7) is 2.38. The Morgan fingerprint density at radius 2 is 2.04 bits per heavy atom. The smallest absolute Gasteiger partial charge is 0.375 e. The molecule has 1 atom stereocenters. The molecule has 0 saturated carbocycles. The Morgan fingerprint density at radius 1 is 1.27 bits per heavy atom. The summed E-state index contributed by atoms with van der Waals surface area (Å²) in [5, 5.41) is 4.20. The van der Waals surface area contributed by atoms with Gasteiger partial charge in [0.15, 0.2) is 5.78 Å². The van der Waals surface area contributed by atoms with Crippen LogP contribution in [0.2, 0.25) is 0 Å². The van der Waals surface area contributed by atoms with E-state index in [2.05, 4.69) is 5.10 Å². The minimum atomic E-state index is -0.982. The van der Waals surface area contributed by atoms with E-state index in [4.69, 9.17) is 9.47 Å². The van der Waals surface area contributed by atoms with E-state index in [0.29, 0.717) is 18.6 Å². The Morgan fingerprint density at radius 3 is 2.77 bits per heavy atom. The fraction of sp³-hybridized carbons (Fsp3) is 0.368. The molecular formula is C19H20N2O5. The van der Waals surface area contributed by atoms with Gasteiger partial charge in [-0.15, -0.1) is 0 Å². The van der Waals surface area contributed by atoms with Crippen LogP contribution < -0.4 is 0 Å². The highest BCUT2D eigenvalue weighted by Crippen LogP contribution is 2.26. The van der Waals surface area contributed by atoms with Gasteiger partial charge in [-0.2, -0.15) is 5.10 Å². The first-order chi connectivity index (χ1) is 12.6. The number of benzene rings is 1. The summed E-state index contributed by atoms with van der Waals surface area (Å²) in [4.78, 5) is 36.3. The van der Waals surface area contributed by atoms with Crippen LogP contribution in [0, 0.1) is 5.92 Å². The van der Waals surface area contributed by atoms with Crippen LogP contribution >= 0.6 is 0 Å². The van der Waals surface area contributed by atoms with Crippen LogP contribution in [-0.4, -0.2) is 33.9 Å². The fourth-order valence-electron chi connectivity index (χ4n) is 3.01. The number of rotatable bonds is 7. The third kappa shape index (κ3) is 3.72. The summed E-state index contributed by atoms with van der Waals surface area (Å²) in [6.07, 6.45) is 2.19. The maximum Gasteiger partial charge on any atom is 0.375 e. The minimum absolute atomic E-state index is 0.105. The number of ketones is 2. The second-order valence-electron chi connectivity index (χ2n) is 6.01.